The van der Waals surface area contributed by atoms with E-state index in [0.717, 1.165) is 5.56 Å². The maximum absolute atomic E-state index is 11.8. The van der Waals surface area contributed by atoms with Crippen LogP contribution in [0.1, 0.15) is 11.3 Å². The van der Waals surface area contributed by atoms with Crippen LogP contribution in [0.5, 0.6) is 0 Å². The predicted octanol–water partition coefficient (Wildman–Crippen LogP) is 2.29. The molecule has 22 heavy (non-hydrogen) atoms. The maximum Gasteiger partial charge on any atom is 0.408 e. The quantitative estimate of drug-likeness (QED) is 0.828. The molecule has 6 nitrogen and oxygen atoms in total. The second-order valence-corrected chi connectivity index (χ2v) is 4.57. The molecular formula is C16H17NO5. The largest absolute Gasteiger partial charge is 0.469 e. The average Bonchev–Trinajstić information content (AvgIpc) is 3.05. The molecule has 1 unspecified atom stereocenters. The van der Waals surface area contributed by atoms with Crippen LogP contribution in [0.4, 0.5) is 4.79 Å². The van der Waals surface area contributed by atoms with Crippen molar-refractivity contribution >= 4 is 12.1 Å². The first-order chi connectivity index (χ1) is 10.7. The van der Waals surface area contributed by atoms with Gasteiger partial charge in [-0.2, -0.15) is 0 Å². The van der Waals surface area contributed by atoms with Crippen molar-refractivity contribution in [3.63, 3.8) is 0 Å². The lowest BCUT2D eigenvalue weighted by Crippen LogP contribution is -2.43. The number of methoxy groups -OCH3 is 1. The minimum absolute atomic E-state index is 0.126. The molecule has 0 aliphatic carbocycles. The van der Waals surface area contributed by atoms with Crippen molar-refractivity contribution in [1.29, 1.82) is 0 Å². The number of carbonyl (C=O) groups excluding carboxylic acids is 2. The Bertz CT molecular complexity index is 594. The van der Waals surface area contributed by atoms with Crippen molar-refractivity contribution in [2.24, 2.45) is 0 Å². The summed E-state index contributed by atoms with van der Waals surface area (Å²) in [6, 6.07) is 11.8. The normalized spacial score (nSPS) is 11.5. The molecule has 0 saturated heterocycles. The van der Waals surface area contributed by atoms with Gasteiger partial charge in [-0.25, -0.2) is 9.59 Å². The molecule has 1 N–H and O–H groups in total. The van der Waals surface area contributed by atoms with Gasteiger partial charge in [0.1, 0.15) is 18.4 Å². The Labute approximate surface area is 128 Å². The Kier molecular flexibility index (Phi) is 5.59. The van der Waals surface area contributed by atoms with Gasteiger partial charge in [0, 0.05) is 6.42 Å². The van der Waals surface area contributed by atoms with Crippen molar-refractivity contribution < 1.29 is 23.5 Å². The maximum atomic E-state index is 11.8. The number of furan rings is 1. The van der Waals surface area contributed by atoms with E-state index in [1.807, 2.05) is 30.3 Å². The van der Waals surface area contributed by atoms with E-state index >= 15 is 0 Å². The molecule has 0 saturated carbocycles. The highest BCUT2D eigenvalue weighted by molar-refractivity contribution is 5.81. The molecule has 0 radical (unpaired) electrons. The van der Waals surface area contributed by atoms with Crippen molar-refractivity contribution in [3.05, 3.63) is 60.1 Å². The average molecular weight is 303 g/mol. The molecule has 0 spiro atoms. The van der Waals surface area contributed by atoms with Gasteiger partial charge < -0.3 is 19.2 Å². The molecule has 1 heterocycles. The van der Waals surface area contributed by atoms with E-state index in [2.05, 4.69) is 10.1 Å². The number of carbonyl (C=O) groups is 2. The number of hydrogen-bond donors (Lipinski definition) is 1. The van der Waals surface area contributed by atoms with Crippen LogP contribution in [0.2, 0.25) is 0 Å². The molecule has 0 fully saturated rings. The zero-order chi connectivity index (χ0) is 15.8. The zero-order valence-electron chi connectivity index (χ0n) is 12.2. The summed E-state index contributed by atoms with van der Waals surface area (Å²) in [5, 5.41) is 2.48. The molecule has 0 bridgehead atoms. The van der Waals surface area contributed by atoms with Crippen LogP contribution in [0.3, 0.4) is 0 Å². The van der Waals surface area contributed by atoms with Crippen LogP contribution >= 0.6 is 0 Å². The lowest BCUT2D eigenvalue weighted by Gasteiger charge is -2.15. The second-order valence-electron chi connectivity index (χ2n) is 4.57. The molecule has 1 amide bonds. The van der Waals surface area contributed by atoms with E-state index in [0.29, 0.717) is 5.76 Å². The highest BCUT2D eigenvalue weighted by Crippen LogP contribution is 2.06. The van der Waals surface area contributed by atoms with E-state index in [4.69, 9.17) is 9.15 Å². The number of hydrogen-bond acceptors (Lipinski definition) is 5. The Morgan fingerprint density at radius 3 is 2.59 bits per heavy atom. The Balaban J connectivity index is 1.88. The van der Waals surface area contributed by atoms with Crippen LogP contribution in [0.15, 0.2) is 53.1 Å². The second kappa shape index (κ2) is 7.87. The lowest BCUT2D eigenvalue weighted by molar-refractivity contribution is -0.143. The molecule has 1 aromatic heterocycles. The first-order valence-corrected chi connectivity index (χ1v) is 6.76. The van der Waals surface area contributed by atoms with Crippen molar-refractivity contribution in [2.75, 3.05) is 7.11 Å². The van der Waals surface area contributed by atoms with Gasteiger partial charge in [-0.05, 0) is 17.7 Å². The van der Waals surface area contributed by atoms with Gasteiger partial charge in [-0.1, -0.05) is 30.3 Å². The van der Waals surface area contributed by atoms with Crippen LogP contribution < -0.4 is 5.32 Å². The third-order valence-electron chi connectivity index (χ3n) is 2.98. The fourth-order valence-electron chi connectivity index (χ4n) is 1.87. The number of rotatable bonds is 6. The van der Waals surface area contributed by atoms with E-state index in [-0.39, 0.29) is 13.0 Å². The number of nitrogens with one attached hydrogen (secondary N) is 1. The molecule has 1 aromatic carbocycles. The summed E-state index contributed by atoms with van der Waals surface area (Å²) in [5.41, 5.74) is 0.860. The van der Waals surface area contributed by atoms with Gasteiger partial charge in [-0.3, -0.25) is 0 Å². The minimum atomic E-state index is -0.862. The predicted molar refractivity (Wildman–Crippen MR) is 78.0 cm³/mol. The molecule has 1 atom stereocenters. The van der Waals surface area contributed by atoms with Gasteiger partial charge in [-0.15, -0.1) is 0 Å². The Morgan fingerprint density at radius 1 is 1.18 bits per heavy atom. The Hall–Kier alpha value is -2.76. The smallest absolute Gasteiger partial charge is 0.408 e. The monoisotopic (exact) mass is 303 g/mol. The van der Waals surface area contributed by atoms with Crippen molar-refractivity contribution in [1.82, 2.24) is 5.32 Å². The molecule has 116 valence electrons. The summed E-state index contributed by atoms with van der Waals surface area (Å²) in [4.78, 5) is 23.5. The topological polar surface area (TPSA) is 77.8 Å². The fraction of sp³-hybridized carbons (Fsp3) is 0.250. The molecule has 0 aliphatic rings. The summed E-state index contributed by atoms with van der Waals surface area (Å²) >= 11 is 0. The number of benzene rings is 1. The highest BCUT2D eigenvalue weighted by atomic mass is 16.6. The van der Waals surface area contributed by atoms with Crippen LogP contribution in [0, 0.1) is 0 Å². The molecular weight excluding hydrogens is 286 g/mol. The number of ether oxygens (including phenoxy) is 2. The van der Waals surface area contributed by atoms with Gasteiger partial charge in [0.2, 0.25) is 0 Å². The molecule has 2 rings (SSSR count). The number of esters is 1. The van der Waals surface area contributed by atoms with Crippen LogP contribution in [-0.2, 0) is 27.3 Å². The molecule has 6 heteroatoms. The first kappa shape index (κ1) is 15.6. The SMILES string of the molecule is COC(=O)C(Cc1ccco1)NC(=O)OCc1ccccc1. The minimum Gasteiger partial charge on any atom is -0.469 e. The molecule has 0 aliphatic heterocycles. The Morgan fingerprint density at radius 2 is 1.95 bits per heavy atom. The van der Waals surface area contributed by atoms with Gasteiger partial charge >= 0.3 is 12.1 Å². The van der Waals surface area contributed by atoms with Gasteiger partial charge in [0.25, 0.3) is 0 Å². The van der Waals surface area contributed by atoms with Crippen molar-refractivity contribution in [3.8, 4) is 0 Å². The third kappa shape index (κ3) is 4.66. The van der Waals surface area contributed by atoms with Gasteiger partial charge in [0.15, 0.2) is 0 Å². The van der Waals surface area contributed by atoms with E-state index < -0.39 is 18.1 Å². The molecule has 2 aromatic rings. The third-order valence-corrected chi connectivity index (χ3v) is 2.98. The van der Waals surface area contributed by atoms with Crippen LogP contribution in [0.25, 0.3) is 0 Å². The fourth-order valence-corrected chi connectivity index (χ4v) is 1.87. The summed E-state index contributed by atoms with van der Waals surface area (Å²) in [5.74, 6) is 0.00632. The first-order valence-electron chi connectivity index (χ1n) is 6.76. The number of alkyl carbamates (subject to hydrolysis) is 1. The summed E-state index contributed by atoms with van der Waals surface area (Å²) in [7, 11) is 1.26. The summed E-state index contributed by atoms with van der Waals surface area (Å²) < 4.78 is 14.9. The summed E-state index contributed by atoms with van der Waals surface area (Å²) in [6.07, 6.45) is 1.00. The highest BCUT2D eigenvalue weighted by Gasteiger charge is 2.23. The standard InChI is InChI=1S/C16H17NO5/c1-20-15(18)14(10-13-8-5-9-21-13)17-16(19)22-11-12-6-3-2-4-7-12/h2-9,14H,10-11H2,1H3,(H,17,19). The lowest BCUT2D eigenvalue weighted by atomic mass is 10.2. The zero-order valence-corrected chi connectivity index (χ0v) is 12.2. The van der Waals surface area contributed by atoms with E-state index in [9.17, 15) is 9.59 Å². The summed E-state index contributed by atoms with van der Waals surface area (Å²) in [6.45, 7) is 0.126. The van der Waals surface area contributed by atoms with Gasteiger partial charge in [0.05, 0.1) is 13.4 Å². The van der Waals surface area contributed by atoms with Crippen molar-refractivity contribution in [2.45, 2.75) is 19.1 Å². The number of amides is 1. The van der Waals surface area contributed by atoms with Crippen LogP contribution in [-0.4, -0.2) is 25.2 Å². The van der Waals surface area contributed by atoms with E-state index in [1.165, 1.54) is 13.4 Å². The van der Waals surface area contributed by atoms with E-state index in [1.54, 1.807) is 12.1 Å².